The van der Waals surface area contributed by atoms with E-state index in [1.54, 1.807) is 17.9 Å². The number of amides is 3. The van der Waals surface area contributed by atoms with Crippen molar-refractivity contribution < 1.29 is 18.8 Å². The van der Waals surface area contributed by atoms with E-state index in [4.69, 9.17) is 4.42 Å². The van der Waals surface area contributed by atoms with Crippen molar-refractivity contribution in [3.05, 3.63) is 54.0 Å². The number of carbonyl (C=O) groups is 3. The van der Waals surface area contributed by atoms with Gasteiger partial charge in [0.1, 0.15) is 6.26 Å². The zero-order valence-corrected chi connectivity index (χ0v) is 16.8. The van der Waals surface area contributed by atoms with Gasteiger partial charge in [0.2, 0.25) is 11.8 Å². The fourth-order valence-electron chi connectivity index (χ4n) is 3.43. The molecule has 2 aromatic rings. The van der Waals surface area contributed by atoms with Crippen LogP contribution in [0.3, 0.4) is 0 Å². The van der Waals surface area contributed by atoms with E-state index in [2.05, 4.69) is 10.6 Å². The summed E-state index contributed by atoms with van der Waals surface area (Å²) in [4.78, 5) is 38.2. The lowest BCUT2D eigenvalue weighted by atomic mass is 9.95. The molecule has 1 fully saturated rings. The van der Waals surface area contributed by atoms with Crippen LogP contribution in [0.25, 0.3) is 0 Å². The predicted molar refractivity (Wildman–Crippen MR) is 109 cm³/mol. The molecule has 1 unspecified atom stereocenters. The average molecular weight is 397 g/mol. The molecule has 1 aliphatic heterocycles. The molecule has 0 radical (unpaired) electrons. The van der Waals surface area contributed by atoms with Crippen LogP contribution in [0.4, 0.5) is 5.69 Å². The summed E-state index contributed by atoms with van der Waals surface area (Å²) in [6, 6.07) is 9.01. The van der Waals surface area contributed by atoms with Crippen molar-refractivity contribution in [2.24, 2.45) is 5.92 Å². The summed E-state index contributed by atoms with van der Waals surface area (Å²) in [6.07, 6.45) is 4.65. The number of nitrogens with one attached hydrogen (secondary N) is 2. The second-order valence-corrected chi connectivity index (χ2v) is 7.33. The Morgan fingerprint density at radius 3 is 2.41 bits per heavy atom. The second-order valence-electron chi connectivity index (χ2n) is 7.33. The second kappa shape index (κ2) is 9.41. The molecular formula is C22H27N3O4. The van der Waals surface area contributed by atoms with Gasteiger partial charge in [0.05, 0.1) is 17.9 Å². The van der Waals surface area contributed by atoms with Crippen LogP contribution in [0.5, 0.6) is 0 Å². The lowest BCUT2D eigenvalue weighted by Gasteiger charge is -2.31. The van der Waals surface area contributed by atoms with Crippen molar-refractivity contribution in [1.29, 1.82) is 0 Å². The molecule has 1 atom stereocenters. The molecule has 0 spiro atoms. The van der Waals surface area contributed by atoms with E-state index in [0.717, 1.165) is 11.3 Å². The molecule has 7 heteroatoms. The Morgan fingerprint density at radius 1 is 1.14 bits per heavy atom. The maximum absolute atomic E-state index is 12.7. The number of likely N-dealkylation sites (tertiary alicyclic amines) is 1. The van der Waals surface area contributed by atoms with Gasteiger partial charge in [0.15, 0.2) is 0 Å². The first-order valence-electron chi connectivity index (χ1n) is 9.99. The third kappa shape index (κ3) is 5.25. The molecule has 154 valence electrons. The van der Waals surface area contributed by atoms with Crippen LogP contribution in [0.1, 0.15) is 55.1 Å². The number of furan rings is 1. The Bertz CT molecular complexity index is 837. The smallest absolute Gasteiger partial charge is 0.257 e. The molecule has 1 aliphatic rings. The molecule has 0 aliphatic carbocycles. The monoisotopic (exact) mass is 397 g/mol. The predicted octanol–water partition coefficient (Wildman–Crippen LogP) is 3.36. The first-order chi connectivity index (χ1) is 14.0. The normalized spacial score (nSPS) is 15.6. The van der Waals surface area contributed by atoms with Crippen molar-refractivity contribution >= 4 is 23.4 Å². The Morgan fingerprint density at radius 2 is 1.83 bits per heavy atom. The van der Waals surface area contributed by atoms with E-state index < -0.39 is 0 Å². The van der Waals surface area contributed by atoms with Crippen LogP contribution in [0.2, 0.25) is 0 Å². The van der Waals surface area contributed by atoms with Crippen LogP contribution in [-0.2, 0) is 9.59 Å². The largest absolute Gasteiger partial charge is 0.472 e. The van der Waals surface area contributed by atoms with E-state index in [1.165, 1.54) is 12.5 Å². The summed E-state index contributed by atoms with van der Waals surface area (Å²) in [7, 11) is 0. The number of hydrogen-bond acceptors (Lipinski definition) is 4. The molecule has 3 amide bonds. The minimum atomic E-state index is -0.135. The Kier molecular flexibility index (Phi) is 6.69. The molecule has 1 saturated heterocycles. The number of nitrogens with zero attached hydrogens (tertiary/aromatic N) is 1. The van der Waals surface area contributed by atoms with Gasteiger partial charge in [-0.1, -0.05) is 19.1 Å². The summed E-state index contributed by atoms with van der Waals surface area (Å²) in [6.45, 7) is 4.86. The van der Waals surface area contributed by atoms with E-state index in [-0.39, 0.29) is 29.7 Å². The SMILES string of the molecule is CCC(=O)Nc1ccc(C(C)NC(=O)C2CCN(C(=O)c3ccoc3)CC2)cc1. The van der Waals surface area contributed by atoms with E-state index in [9.17, 15) is 14.4 Å². The maximum atomic E-state index is 12.7. The molecule has 1 aromatic carbocycles. The van der Waals surface area contributed by atoms with E-state index in [1.807, 2.05) is 31.2 Å². The summed E-state index contributed by atoms with van der Waals surface area (Å²) >= 11 is 0. The highest BCUT2D eigenvalue weighted by molar-refractivity contribution is 5.94. The fraction of sp³-hybridized carbons (Fsp3) is 0.409. The first kappa shape index (κ1) is 20.6. The summed E-state index contributed by atoms with van der Waals surface area (Å²) in [5.74, 6) is -0.178. The van der Waals surface area contributed by atoms with Crippen LogP contribution in [0, 0.1) is 5.92 Å². The van der Waals surface area contributed by atoms with Crippen molar-refractivity contribution in [3.63, 3.8) is 0 Å². The molecule has 0 bridgehead atoms. The van der Waals surface area contributed by atoms with Crippen LogP contribution < -0.4 is 10.6 Å². The highest BCUT2D eigenvalue weighted by Crippen LogP contribution is 2.22. The van der Waals surface area contributed by atoms with Crippen molar-refractivity contribution in [3.8, 4) is 0 Å². The van der Waals surface area contributed by atoms with E-state index in [0.29, 0.717) is 37.9 Å². The Labute approximate surface area is 170 Å². The van der Waals surface area contributed by atoms with Gasteiger partial charge < -0.3 is 20.0 Å². The van der Waals surface area contributed by atoms with Gasteiger partial charge in [0, 0.05) is 31.1 Å². The number of rotatable bonds is 6. The van der Waals surface area contributed by atoms with Gasteiger partial charge in [-0.3, -0.25) is 14.4 Å². The number of carbonyl (C=O) groups excluding carboxylic acids is 3. The highest BCUT2D eigenvalue weighted by atomic mass is 16.3. The minimum Gasteiger partial charge on any atom is -0.472 e. The molecular weight excluding hydrogens is 370 g/mol. The summed E-state index contributed by atoms with van der Waals surface area (Å²) in [5.41, 5.74) is 2.26. The highest BCUT2D eigenvalue weighted by Gasteiger charge is 2.28. The van der Waals surface area contributed by atoms with Crippen molar-refractivity contribution in [1.82, 2.24) is 10.2 Å². The third-order valence-corrected chi connectivity index (χ3v) is 5.30. The van der Waals surface area contributed by atoms with Gasteiger partial charge in [0.25, 0.3) is 5.91 Å². The Hall–Kier alpha value is -3.09. The minimum absolute atomic E-state index is 0.0104. The molecule has 1 aromatic heterocycles. The topological polar surface area (TPSA) is 91.7 Å². The molecule has 3 rings (SSSR count). The first-order valence-corrected chi connectivity index (χ1v) is 9.99. The van der Waals surface area contributed by atoms with Crippen LogP contribution >= 0.6 is 0 Å². The number of anilines is 1. The van der Waals surface area contributed by atoms with Gasteiger partial charge in [-0.15, -0.1) is 0 Å². The molecule has 0 saturated carbocycles. The van der Waals surface area contributed by atoms with Crippen molar-refractivity contribution in [2.75, 3.05) is 18.4 Å². The zero-order chi connectivity index (χ0) is 20.8. The standard InChI is InChI=1S/C22H27N3O4/c1-3-20(26)24-19-6-4-16(5-7-19)15(2)23-21(27)17-8-11-25(12-9-17)22(28)18-10-13-29-14-18/h4-7,10,13-15,17H,3,8-9,11-12H2,1-2H3,(H,23,27)(H,24,26). The quantitative estimate of drug-likeness (QED) is 0.782. The summed E-state index contributed by atoms with van der Waals surface area (Å²) in [5, 5.41) is 5.87. The fourth-order valence-corrected chi connectivity index (χ4v) is 3.43. The zero-order valence-electron chi connectivity index (χ0n) is 16.8. The van der Waals surface area contributed by atoms with Gasteiger partial charge in [-0.2, -0.15) is 0 Å². The molecule has 2 heterocycles. The van der Waals surface area contributed by atoms with Crippen LogP contribution in [0.15, 0.2) is 47.3 Å². The Balaban J connectivity index is 1.49. The maximum Gasteiger partial charge on any atom is 0.257 e. The van der Waals surface area contributed by atoms with Gasteiger partial charge in [-0.05, 0) is 43.5 Å². The van der Waals surface area contributed by atoms with E-state index >= 15 is 0 Å². The van der Waals surface area contributed by atoms with Crippen LogP contribution in [-0.4, -0.2) is 35.7 Å². The molecule has 2 N–H and O–H groups in total. The van der Waals surface area contributed by atoms with Gasteiger partial charge >= 0.3 is 0 Å². The summed E-state index contributed by atoms with van der Waals surface area (Å²) < 4.78 is 4.97. The number of hydrogen-bond donors (Lipinski definition) is 2. The average Bonchev–Trinajstić information content (AvgIpc) is 3.28. The lowest BCUT2D eigenvalue weighted by Crippen LogP contribution is -2.43. The van der Waals surface area contributed by atoms with Crippen molar-refractivity contribution in [2.45, 2.75) is 39.2 Å². The lowest BCUT2D eigenvalue weighted by molar-refractivity contribution is -0.127. The molecule has 29 heavy (non-hydrogen) atoms. The van der Waals surface area contributed by atoms with Gasteiger partial charge in [-0.25, -0.2) is 0 Å². The number of benzene rings is 1. The molecule has 7 nitrogen and oxygen atoms in total. The third-order valence-electron chi connectivity index (χ3n) is 5.30. The number of piperidine rings is 1.